The topological polar surface area (TPSA) is 75.4 Å². The molecule has 6 heteroatoms. The van der Waals surface area contributed by atoms with Gasteiger partial charge < -0.3 is 14.8 Å². The van der Waals surface area contributed by atoms with Gasteiger partial charge in [-0.2, -0.15) is 0 Å². The summed E-state index contributed by atoms with van der Waals surface area (Å²) in [6.45, 7) is 1.67. The van der Waals surface area contributed by atoms with E-state index < -0.39 is 0 Å². The largest absolute Gasteiger partial charge is 0.431 e. The van der Waals surface area contributed by atoms with Crippen LogP contribution in [0.25, 0.3) is 11.1 Å². The van der Waals surface area contributed by atoms with Crippen LogP contribution in [0.5, 0.6) is 0 Å². The third kappa shape index (κ3) is 3.24. The Bertz CT molecular complexity index is 508. The maximum Gasteiger partial charge on any atom is 0.257 e. The molecule has 2 aromatic rings. The van der Waals surface area contributed by atoms with Crippen LogP contribution in [-0.2, 0) is 4.79 Å². The number of nitrogens with one attached hydrogen (secondary N) is 1. The fourth-order valence-corrected chi connectivity index (χ4v) is 2.05. The van der Waals surface area contributed by atoms with Gasteiger partial charge in [0.05, 0.1) is 12.4 Å². The number of aliphatic hydroxyl groups is 1. The van der Waals surface area contributed by atoms with Crippen LogP contribution in [0.1, 0.15) is 6.92 Å². The minimum Gasteiger partial charge on any atom is -0.431 e. The van der Waals surface area contributed by atoms with Crippen LogP contribution in [0.4, 0.5) is 0 Å². The van der Waals surface area contributed by atoms with Crippen molar-refractivity contribution in [2.75, 3.05) is 12.4 Å². The first kappa shape index (κ1) is 12.9. The van der Waals surface area contributed by atoms with Gasteiger partial charge in [-0.15, -0.1) is 0 Å². The molecule has 0 aliphatic rings. The number of carbonyl (C=O) groups excluding carboxylic acids is 1. The summed E-state index contributed by atoms with van der Waals surface area (Å²) in [6.07, 6.45) is 0. The number of hydrogen-bond donors (Lipinski definition) is 2. The monoisotopic (exact) mass is 266 g/mol. The van der Waals surface area contributed by atoms with Gasteiger partial charge in [0.15, 0.2) is 5.58 Å². The Kier molecular flexibility index (Phi) is 4.22. The van der Waals surface area contributed by atoms with Gasteiger partial charge in [-0.25, -0.2) is 4.98 Å². The predicted octanol–water partition coefficient (Wildman–Crippen LogP) is 1.42. The van der Waals surface area contributed by atoms with E-state index in [1.807, 2.05) is 24.3 Å². The van der Waals surface area contributed by atoms with E-state index in [2.05, 4.69) is 10.3 Å². The summed E-state index contributed by atoms with van der Waals surface area (Å²) >= 11 is 1.24. The molecule has 0 fully saturated rings. The maximum atomic E-state index is 11.5. The Labute approximate surface area is 109 Å². The summed E-state index contributed by atoms with van der Waals surface area (Å²) in [4.78, 5) is 15.7. The first-order valence-corrected chi connectivity index (χ1v) is 6.56. The highest BCUT2D eigenvalue weighted by Gasteiger charge is 2.10. The number of nitrogens with zero attached hydrogens (tertiary/aromatic N) is 1. The van der Waals surface area contributed by atoms with Crippen LogP contribution >= 0.6 is 11.8 Å². The van der Waals surface area contributed by atoms with Crippen LogP contribution in [0.3, 0.4) is 0 Å². The third-order valence-electron chi connectivity index (χ3n) is 2.28. The molecule has 2 rings (SSSR count). The van der Waals surface area contributed by atoms with Crippen LogP contribution in [0, 0.1) is 0 Å². The maximum absolute atomic E-state index is 11.5. The standard InChI is InChI=1S/C12H14N2O3S/c1-8(6-15)13-11(16)7-18-12-14-9-4-2-3-5-10(9)17-12/h2-5,8,15H,6-7H2,1H3,(H,13,16)/t8-/m0/s1. The number of carbonyl (C=O) groups is 1. The normalized spacial score (nSPS) is 12.6. The zero-order valence-corrected chi connectivity index (χ0v) is 10.7. The van der Waals surface area contributed by atoms with Crippen molar-refractivity contribution in [1.29, 1.82) is 0 Å². The van der Waals surface area contributed by atoms with Crippen molar-refractivity contribution in [2.24, 2.45) is 0 Å². The number of oxazole rings is 1. The first-order valence-electron chi connectivity index (χ1n) is 5.57. The summed E-state index contributed by atoms with van der Waals surface area (Å²) in [7, 11) is 0. The molecule has 96 valence electrons. The Morgan fingerprint density at radius 3 is 3.06 bits per heavy atom. The lowest BCUT2D eigenvalue weighted by Gasteiger charge is -2.09. The van der Waals surface area contributed by atoms with Crippen molar-refractivity contribution in [3.05, 3.63) is 24.3 Å². The van der Waals surface area contributed by atoms with Gasteiger partial charge in [-0.1, -0.05) is 23.9 Å². The fourth-order valence-electron chi connectivity index (χ4n) is 1.40. The molecule has 1 aromatic heterocycles. The van der Waals surface area contributed by atoms with Crippen LogP contribution in [0.2, 0.25) is 0 Å². The average molecular weight is 266 g/mol. The second-order valence-corrected chi connectivity index (χ2v) is 4.81. The van der Waals surface area contributed by atoms with E-state index in [1.54, 1.807) is 6.92 Å². The number of hydrogen-bond acceptors (Lipinski definition) is 5. The molecule has 0 bridgehead atoms. The number of rotatable bonds is 5. The van der Waals surface area contributed by atoms with Crippen molar-refractivity contribution in [3.8, 4) is 0 Å². The predicted molar refractivity (Wildman–Crippen MR) is 69.4 cm³/mol. The molecule has 0 saturated carbocycles. The minimum atomic E-state index is -0.235. The highest BCUT2D eigenvalue weighted by atomic mass is 32.2. The zero-order chi connectivity index (χ0) is 13.0. The highest BCUT2D eigenvalue weighted by molar-refractivity contribution is 7.99. The molecule has 2 N–H and O–H groups in total. The molecule has 1 aromatic carbocycles. The third-order valence-corrected chi connectivity index (χ3v) is 3.11. The van der Waals surface area contributed by atoms with E-state index in [0.717, 1.165) is 5.52 Å². The van der Waals surface area contributed by atoms with Crippen LogP contribution in [0.15, 0.2) is 33.9 Å². The van der Waals surface area contributed by atoms with E-state index in [-0.39, 0.29) is 24.3 Å². The zero-order valence-electron chi connectivity index (χ0n) is 9.92. The van der Waals surface area contributed by atoms with Crippen LogP contribution in [-0.4, -0.2) is 34.4 Å². The van der Waals surface area contributed by atoms with E-state index in [0.29, 0.717) is 10.8 Å². The van der Waals surface area contributed by atoms with Gasteiger partial charge in [0.25, 0.3) is 5.22 Å². The molecule has 0 spiro atoms. The summed E-state index contributed by atoms with van der Waals surface area (Å²) in [6, 6.07) is 7.21. The lowest BCUT2D eigenvalue weighted by atomic mass is 10.3. The van der Waals surface area contributed by atoms with Gasteiger partial charge in [-0.3, -0.25) is 4.79 Å². The smallest absolute Gasteiger partial charge is 0.257 e. The quantitative estimate of drug-likeness (QED) is 0.800. The molecule has 1 amide bonds. The number of fused-ring (bicyclic) bond motifs is 1. The Balaban J connectivity index is 1.92. The summed E-state index contributed by atoms with van der Waals surface area (Å²) in [5.41, 5.74) is 1.49. The van der Waals surface area contributed by atoms with Crippen molar-refractivity contribution >= 4 is 28.8 Å². The summed E-state index contributed by atoms with van der Waals surface area (Å²) in [5.74, 6) is 0.0702. The van der Waals surface area contributed by atoms with Crippen molar-refractivity contribution in [3.63, 3.8) is 0 Å². The highest BCUT2D eigenvalue weighted by Crippen LogP contribution is 2.22. The second kappa shape index (κ2) is 5.88. The molecule has 0 radical (unpaired) electrons. The van der Waals surface area contributed by atoms with Crippen LogP contribution < -0.4 is 5.32 Å². The average Bonchev–Trinajstić information content (AvgIpc) is 2.79. The number of thioether (sulfide) groups is 1. The number of benzene rings is 1. The fraction of sp³-hybridized carbons (Fsp3) is 0.333. The van der Waals surface area contributed by atoms with Gasteiger partial charge in [-0.05, 0) is 19.1 Å². The van der Waals surface area contributed by atoms with Gasteiger partial charge in [0.1, 0.15) is 5.52 Å². The van der Waals surface area contributed by atoms with E-state index in [4.69, 9.17) is 9.52 Å². The van der Waals surface area contributed by atoms with Crippen molar-refractivity contribution in [2.45, 2.75) is 18.2 Å². The molecule has 18 heavy (non-hydrogen) atoms. The first-order chi connectivity index (χ1) is 8.69. The molecule has 1 heterocycles. The van der Waals surface area contributed by atoms with Gasteiger partial charge in [0, 0.05) is 6.04 Å². The van der Waals surface area contributed by atoms with E-state index in [1.165, 1.54) is 11.8 Å². The molecular weight excluding hydrogens is 252 g/mol. The van der Waals surface area contributed by atoms with E-state index >= 15 is 0 Å². The molecule has 0 saturated heterocycles. The molecule has 0 aliphatic heterocycles. The van der Waals surface area contributed by atoms with E-state index in [9.17, 15) is 4.79 Å². The minimum absolute atomic E-state index is 0.0701. The molecule has 0 aliphatic carbocycles. The Morgan fingerprint density at radius 1 is 1.56 bits per heavy atom. The number of para-hydroxylation sites is 2. The summed E-state index contributed by atoms with van der Waals surface area (Å²) < 4.78 is 5.47. The Hall–Kier alpha value is -1.53. The lowest BCUT2D eigenvalue weighted by Crippen LogP contribution is -2.36. The molecule has 0 unspecified atom stereocenters. The van der Waals surface area contributed by atoms with Crippen molar-refractivity contribution < 1.29 is 14.3 Å². The number of aromatic nitrogens is 1. The Morgan fingerprint density at radius 2 is 2.33 bits per heavy atom. The number of amides is 1. The second-order valence-electron chi connectivity index (χ2n) is 3.89. The molecule has 5 nitrogen and oxygen atoms in total. The SMILES string of the molecule is C[C@@H](CO)NC(=O)CSc1nc2ccccc2o1. The number of aliphatic hydroxyl groups excluding tert-OH is 1. The molecule has 1 atom stereocenters. The van der Waals surface area contributed by atoms with Gasteiger partial charge >= 0.3 is 0 Å². The summed E-state index contributed by atoms with van der Waals surface area (Å²) in [5, 5.41) is 11.9. The van der Waals surface area contributed by atoms with Gasteiger partial charge in [0.2, 0.25) is 5.91 Å². The molecular formula is C12H14N2O3S. The van der Waals surface area contributed by atoms with Crippen molar-refractivity contribution in [1.82, 2.24) is 10.3 Å². The lowest BCUT2D eigenvalue weighted by molar-refractivity contribution is -0.119.